The molecule has 1 amide bonds. The maximum absolute atomic E-state index is 13.2. The van der Waals surface area contributed by atoms with E-state index in [1.807, 2.05) is 29.2 Å². The standard InChI is InChI=1S/C24H31N3O3S/c1-2-19-16-26(14-15-30-19)22(28)17-31-24-25-21-11-7-6-10-20(21)23(29)27(24)13-12-18-8-4-3-5-9-18/h6-8,10-11,19H,2-5,9,12-17H2,1H3. The molecule has 1 aromatic heterocycles. The Hall–Kier alpha value is -2.12. The Morgan fingerprint density at radius 1 is 1.29 bits per heavy atom. The zero-order valence-corrected chi connectivity index (χ0v) is 19.0. The molecule has 0 spiro atoms. The van der Waals surface area contributed by atoms with Crippen molar-refractivity contribution in [3.63, 3.8) is 0 Å². The second kappa shape index (κ2) is 10.5. The van der Waals surface area contributed by atoms with Gasteiger partial charge in [0.2, 0.25) is 5.91 Å². The Labute approximate surface area is 187 Å². The minimum Gasteiger partial charge on any atom is -0.375 e. The molecule has 6 nitrogen and oxygen atoms in total. The van der Waals surface area contributed by atoms with Crippen molar-refractivity contribution < 1.29 is 9.53 Å². The van der Waals surface area contributed by atoms with Crippen LogP contribution in [-0.2, 0) is 16.1 Å². The van der Waals surface area contributed by atoms with E-state index in [1.54, 1.807) is 4.57 Å². The van der Waals surface area contributed by atoms with Gasteiger partial charge in [-0.15, -0.1) is 0 Å². The number of nitrogens with zero attached hydrogens (tertiary/aromatic N) is 3. The van der Waals surface area contributed by atoms with Crippen molar-refractivity contribution in [1.29, 1.82) is 0 Å². The number of carbonyl (C=O) groups excluding carboxylic acids is 1. The van der Waals surface area contributed by atoms with Crippen LogP contribution in [0.2, 0.25) is 0 Å². The molecule has 1 aliphatic carbocycles. The van der Waals surface area contributed by atoms with Gasteiger partial charge in [-0.05, 0) is 50.7 Å². The molecule has 0 saturated carbocycles. The molecule has 0 radical (unpaired) electrons. The zero-order chi connectivity index (χ0) is 21.6. The molecule has 2 heterocycles. The first-order valence-electron chi connectivity index (χ1n) is 11.4. The summed E-state index contributed by atoms with van der Waals surface area (Å²) in [6, 6.07) is 7.46. The number of rotatable bonds is 7. The summed E-state index contributed by atoms with van der Waals surface area (Å²) in [5.41, 5.74) is 2.10. The first kappa shape index (κ1) is 22.1. The summed E-state index contributed by atoms with van der Waals surface area (Å²) in [6.07, 6.45) is 8.93. The predicted octanol–water partition coefficient (Wildman–Crippen LogP) is 4.02. The van der Waals surface area contributed by atoms with E-state index in [2.05, 4.69) is 13.0 Å². The minimum absolute atomic E-state index is 0.0191. The maximum Gasteiger partial charge on any atom is 0.262 e. The Balaban J connectivity index is 1.53. The first-order valence-corrected chi connectivity index (χ1v) is 12.3. The number of aromatic nitrogens is 2. The van der Waals surface area contributed by atoms with Crippen LogP contribution < -0.4 is 5.56 Å². The molecule has 1 atom stereocenters. The fourth-order valence-corrected chi connectivity index (χ4v) is 5.18. The van der Waals surface area contributed by atoms with E-state index in [-0.39, 0.29) is 23.3 Å². The average molecular weight is 442 g/mol. The third-order valence-electron chi connectivity index (χ3n) is 6.14. The number of benzene rings is 1. The van der Waals surface area contributed by atoms with Gasteiger partial charge in [0.15, 0.2) is 5.16 Å². The maximum atomic E-state index is 13.2. The third-order valence-corrected chi connectivity index (χ3v) is 7.10. The van der Waals surface area contributed by atoms with Crippen molar-refractivity contribution in [2.75, 3.05) is 25.4 Å². The number of morpholine rings is 1. The Bertz CT molecular complexity index is 1020. The fourth-order valence-electron chi connectivity index (χ4n) is 4.25. The lowest BCUT2D eigenvalue weighted by molar-refractivity contribution is -0.135. The second-order valence-electron chi connectivity index (χ2n) is 8.26. The van der Waals surface area contributed by atoms with Gasteiger partial charge >= 0.3 is 0 Å². The monoisotopic (exact) mass is 441 g/mol. The Morgan fingerprint density at radius 3 is 2.97 bits per heavy atom. The van der Waals surface area contributed by atoms with Crippen LogP contribution in [0.5, 0.6) is 0 Å². The molecule has 4 rings (SSSR count). The van der Waals surface area contributed by atoms with Gasteiger partial charge in [-0.2, -0.15) is 0 Å². The highest BCUT2D eigenvalue weighted by Crippen LogP contribution is 2.23. The Kier molecular flexibility index (Phi) is 7.45. The van der Waals surface area contributed by atoms with Crippen molar-refractivity contribution >= 4 is 28.6 Å². The van der Waals surface area contributed by atoms with E-state index in [9.17, 15) is 9.59 Å². The molecule has 7 heteroatoms. The van der Waals surface area contributed by atoms with Crippen LogP contribution in [-0.4, -0.2) is 51.9 Å². The SMILES string of the molecule is CCC1CN(C(=O)CSc2nc3ccccc3c(=O)n2CCC2=CCCCC2)CCO1. The first-order chi connectivity index (χ1) is 15.2. The summed E-state index contributed by atoms with van der Waals surface area (Å²) in [6.45, 7) is 4.54. The quantitative estimate of drug-likeness (QED) is 0.369. The number of ether oxygens (including phenoxy) is 1. The molecule has 1 unspecified atom stereocenters. The van der Waals surface area contributed by atoms with Gasteiger partial charge in [0.25, 0.3) is 5.56 Å². The molecule has 2 aliphatic rings. The molecule has 1 aliphatic heterocycles. The normalized spacial score (nSPS) is 19.5. The molecule has 1 fully saturated rings. The second-order valence-corrected chi connectivity index (χ2v) is 9.20. The summed E-state index contributed by atoms with van der Waals surface area (Å²) in [7, 11) is 0. The minimum atomic E-state index is -0.0191. The highest BCUT2D eigenvalue weighted by molar-refractivity contribution is 7.99. The highest BCUT2D eigenvalue weighted by atomic mass is 32.2. The lowest BCUT2D eigenvalue weighted by Gasteiger charge is -2.32. The Morgan fingerprint density at radius 2 is 2.16 bits per heavy atom. The summed E-state index contributed by atoms with van der Waals surface area (Å²) in [5, 5.41) is 1.27. The van der Waals surface area contributed by atoms with Crippen molar-refractivity contribution in [2.24, 2.45) is 0 Å². The number of fused-ring (bicyclic) bond motifs is 1. The van der Waals surface area contributed by atoms with Crippen LogP contribution in [0.4, 0.5) is 0 Å². The number of amides is 1. The molecular formula is C24H31N3O3S. The van der Waals surface area contributed by atoms with Gasteiger partial charge in [0.1, 0.15) is 0 Å². The van der Waals surface area contributed by atoms with Gasteiger partial charge in [0, 0.05) is 19.6 Å². The number of hydrogen-bond acceptors (Lipinski definition) is 5. The largest absolute Gasteiger partial charge is 0.375 e. The highest BCUT2D eigenvalue weighted by Gasteiger charge is 2.23. The fraction of sp³-hybridized carbons (Fsp3) is 0.542. The topological polar surface area (TPSA) is 64.4 Å². The van der Waals surface area contributed by atoms with Crippen molar-refractivity contribution in [3.05, 3.63) is 46.3 Å². The lowest BCUT2D eigenvalue weighted by Crippen LogP contribution is -2.46. The summed E-state index contributed by atoms with van der Waals surface area (Å²) < 4.78 is 7.45. The molecule has 2 aromatic rings. The van der Waals surface area contributed by atoms with E-state index in [0.29, 0.717) is 42.3 Å². The molecule has 31 heavy (non-hydrogen) atoms. The zero-order valence-electron chi connectivity index (χ0n) is 18.2. The molecule has 0 bridgehead atoms. The van der Waals surface area contributed by atoms with Crippen LogP contribution in [0.25, 0.3) is 10.9 Å². The lowest BCUT2D eigenvalue weighted by atomic mass is 9.97. The van der Waals surface area contributed by atoms with Gasteiger partial charge in [-0.25, -0.2) is 4.98 Å². The molecule has 1 aromatic carbocycles. The van der Waals surface area contributed by atoms with Crippen molar-refractivity contribution in [2.45, 2.75) is 63.3 Å². The van der Waals surface area contributed by atoms with Crippen LogP contribution >= 0.6 is 11.8 Å². The van der Waals surface area contributed by atoms with Gasteiger partial charge in [-0.3, -0.25) is 14.2 Å². The number of para-hydroxylation sites is 1. The number of hydrogen-bond donors (Lipinski definition) is 0. The van der Waals surface area contributed by atoms with Gasteiger partial charge < -0.3 is 9.64 Å². The van der Waals surface area contributed by atoms with Crippen molar-refractivity contribution in [1.82, 2.24) is 14.5 Å². The molecule has 0 N–H and O–H groups in total. The van der Waals surface area contributed by atoms with Gasteiger partial charge in [-0.1, -0.05) is 42.5 Å². The average Bonchev–Trinajstić information content (AvgIpc) is 2.82. The van der Waals surface area contributed by atoms with Crippen molar-refractivity contribution in [3.8, 4) is 0 Å². The number of thioether (sulfide) groups is 1. The van der Waals surface area contributed by atoms with E-state index in [1.165, 1.54) is 30.2 Å². The summed E-state index contributed by atoms with van der Waals surface area (Å²) in [5.74, 6) is 0.361. The summed E-state index contributed by atoms with van der Waals surface area (Å²) >= 11 is 1.37. The van der Waals surface area contributed by atoms with E-state index < -0.39 is 0 Å². The molecule has 166 valence electrons. The van der Waals surface area contributed by atoms with Gasteiger partial charge in [0.05, 0.1) is 29.4 Å². The van der Waals surface area contributed by atoms with E-state index in [0.717, 1.165) is 25.7 Å². The van der Waals surface area contributed by atoms with Crippen LogP contribution in [0.1, 0.15) is 45.4 Å². The van der Waals surface area contributed by atoms with E-state index >= 15 is 0 Å². The number of carbonyl (C=O) groups is 1. The van der Waals surface area contributed by atoms with Crippen LogP contribution in [0.15, 0.2) is 45.9 Å². The molecule has 1 saturated heterocycles. The number of allylic oxidation sites excluding steroid dienone is 2. The smallest absolute Gasteiger partial charge is 0.262 e. The third kappa shape index (κ3) is 5.39. The predicted molar refractivity (Wildman–Crippen MR) is 125 cm³/mol. The summed E-state index contributed by atoms with van der Waals surface area (Å²) in [4.78, 5) is 32.7. The van der Waals surface area contributed by atoms with E-state index in [4.69, 9.17) is 9.72 Å². The van der Waals surface area contributed by atoms with Crippen LogP contribution in [0.3, 0.4) is 0 Å². The molecular weight excluding hydrogens is 410 g/mol. The van der Waals surface area contributed by atoms with Crippen LogP contribution in [0, 0.1) is 0 Å².